The van der Waals surface area contributed by atoms with Crippen LogP contribution in [0.4, 0.5) is 22.0 Å². The zero-order chi connectivity index (χ0) is 32.5. The first-order valence-corrected chi connectivity index (χ1v) is 14.0. The molecular weight excluding hydrogens is 611 g/mol. The number of benzene rings is 3. The summed E-state index contributed by atoms with van der Waals surface area (Å²) in [5, 5.41) is 18.4. The van der Waals surface area contributed by atoms with E-state index in [1.54, 1.807) is 0 Å². The molecule has 13 heteroatoms. The molecule has 0 bridgehead atoms. The molecule has 1 fully saturated rings. The Hall–Kier alpha value is -5.35. The number of nitriles is 1. The van der Waals surface area contributed by atoms with Crippen LogP contribution in [-0.2, 0) is 17.8 Å². The van der Waals surface area contributed by atoms with Gasteiger partial charge in [0.1, 0.15) is 29.9 Å². The van der Waals surface area contributed by atoms with E-state index in [9.17, 15) is 23.1 Å². The number of pyridine rings is 1. The zero-order valence-electron chi connectivity index (χ0n) is 23.8. The lowest BCUT2D eigenvalue weighted by molar-refractivity contribution is 0.0555. The molecule has 2 aromatic heterocycles. The van der Waals surface area contributed by atoms with Crippen LogP contribution in [0.5, 0.6) is 5.88 Å². The number of halogens is 5. The second-order valence-electron chi connectivity index (χ2n) is 10.7. The molecule has 3 aromatic carbocycles. The summed E-state index contributed by atoms with van der Waals surface area (Å²) in [4.78, 5) is 20.3. The number of nitrogens with zero attached hydrogens (tertiary/aromatic N) is 4. The van der Waals surface area contributed by atoms with Gasteiger partial charge in [-0.2, -0.15) is 5.26 Å². The summed E-state index contributed by atoms with van der Waals surface area (Å²) in [5.74, 6) is -4.58. The van der Waals surface area contributed by atoms with Crippen molar-refractivity contribution in [1.29, 1.82) is 5.26 Å². The summed E-state index contributed by atoms with van der Waals surface area (Å²) < 4.78 is 85.5. The van der Waals surface area contributed by atoms with E-state index in [0.29, 0.717) is 5.52 Å². The van der Waals surface area contributed by atoms with Gasteiger partial charge in [0.05, 0.1) is 59.1 Å². The fourth-order valence-electron chi connectivity index (χ4n) is 5.46. The second kappa shape index (κ2) is 12.6. The van der Waals surface area contributed by atoms with E-state index in [4.69, 9.17) is 14.7 Å². The standard InChI is InChI=1S/C33H23F5N4O4/c34-23-8-17(13-39)4-5-19(23)14-46-31-3-1-2-26(41-31)21-12-24(35)20(9-25(21)36)11-30-40-27-7-6-18(33(43)44)10-28(27)42(30)29-16-45-15-22(29)32(37)38/h1-10,12,22,29,32H,11,14-16H2,(H,43,44)/t22-,29-/m0/s1. The molecule has 1 aliphatic rings. The Balaban J connectivity index is 1.30. The van der Waals surface area contributed by atoms with E-state index in [-0.39, 0.29) is 77.0 Å². The molecule has 0 amide bonds. The van der Waals surface area contributed by atoms with Crippen molar-refractivity contribution in [3.05, 3.63) is 112 Å². The SMILES string of the molecule is N#Cc1ccc(COc2cccc(-c3cc(F)c(Cc4nc5ccc(C(=O)O)cc5n4[C@H]4COC[C@@H]4C(F)F)cc3F)n2)c(F)c1. The number of carbonyl (C=O) groups is 1. The van der Waals surface area contributed by atoms with Gasteiger partial charge in [-0.05, 0) is 54.1 Å². The first-order valence-electron chi connectivity index (χ1n) is 14.0. The van der Waals surface area contributed by atoms with E-state index in [1.165, 1.54) is 53.1 Å². The summed E-state index contributed by atoms with van der Waals surface area (Å²) in [6, 6.07) is 15.2. The summed E-state index contributed by atoms with van der Waals surface area (Å²) in [7, 11) is 0. The van der Waals surface area contributed by atoms with Gasteiger partial charge in [0.25, 0.3) is 0 Å². The Morgan fingerprint density at radius 3 is 2.54 bits per heavy atom. The summed E-state index contributed by atoms with van der Waals surface area (Å²) in [6.45, 7) is -0.546. The van der Waals surface area contributed by atoms with E-state index in [2.05, 4.69) is 9.97 Å². The molecule has 1 N–H and O–H groups in total. The summed E-state index contributed by atoms with van der Waals surface area (Å²) >= 11 is 0. The predicted molar refractivity (Wildman–Crippen MR) is 154 cm³/mol. The number of alkyl halides is 2. The number of carboxylic acids is 1. The van der Waals surface area contributed by atoms with Crippen LogP contribution in [0.15, 0.2) is 66.7 Å². The molecule has 2 atom stereocenters. The molecule has 1 aliphatic heterocycles. The third-order valence-corrected chi connectivity index (χ3v) is 7.80. The molecule has 0 aliphatic carbocycles. The number of rotatable bonds is 9. The number of aromatic carboxylic acids is 1. The molecule has 6 rings (SSSR count). The smallest absolute Gasteiger partial charge is 0.335 e. The molecule has 234 valence electrons. The average Bonchev–Trinajstić information content (AvgIpc) is 3.66. The summed E-state index contributed by atoms with van der Waals surface area (Å²) in [6.07, 6.45) is -3.04. The van der Waals surface area contributed by atoms with Gasteiger partial charge >= 0.3 is 5.97 Å². The van der Waals surface area contributed by atoms with Gasteiger partial charge in [0, 0.05) is 23.6 Å². The maximum Gasteiger partial charge on any atom is 0.335 e. The molecule has 8 nitrogen and oxygen atoms in total. The van der Waals surface area contributed by atoms with Crippen LogP contribution in [0.3, 0.4) is 0 Å². The van der Waals surface area contributed by atoms with Gasteiger partial charge in [0.2, 0.25) is 12.3 Å². The van der Waals surface area contributed by atoms with Crippen LogP contribution in [-0.4, -0.2) is 45.3 Å². The number of hydrogen-bond acceptors (Lipinski definition) is 6. The highest BCUT2D eigenvalue weighted by atomic mass is 19.3. The van der Waals surface area contributed by atoms with Gasteiger partial charge in [0.15, 0.2) is 0 Å². The number of fused-ring (bicyclic) bond motifs is 1. The minimum atomic E-state index is -2.75. The van der Waals surface area contributed by atoms with Crippen molar-refractivity contribution >= 4 is 17.0 Å². The van der Waals surface area contributed by atoms with Gasteiger partial charge in [-0.25, -0.2) is 36.7 Å². The molecule has 5 aromatic rings. The number of carboxylic acid groups (broad SMARTS) is 1. The van der Waals surface area contributed by atoms with Crippen molar-refractivity contribution in [2.45, 2.75) is 25.5 Å². The summed E-state index contributed by atoms with van der Waals surface area (Å²) in [5.41, 5.74) is 0.533. The second-order valence-corrected chi connectivity index (χ2v) is 10.7. The fraction of sp³-hybridized carbons (Fsp3) is 0.212. The number of ether oxygens (including phenoxy) is 2. The Kier molecular flexibility index (Phi) is 8.38. The third kappa shape index (κ3) is 5.99. The molecule has 0 spiro atoms. The Bertz CT molecular complexity index is 2010. The van der Waals surface area contributed by atoms with Crippen LogP contribution in [0.1, 0.15) is 38.9 Å². The van der Waals surface area contributed by atoms with E-state index >= 15 is 8.78 Å². The van der Waals surface area contributed by atoms with Crippen LogP contribution in [0.25, 0.3) is 22.3 Å². The molecular formula is C33H23F5N4O4. The van der Waals surface area contributed by atoms with Gasteiger partial charge < -0.3 is 19.1 Å². The maximum atomic E-state index is 15.6. The van der Waals surface area contributed by atoms with Crippen molar-refractivity contribution < 1.29 is 41.3 Å². The monoisotopic (exact) mass is 634 g/mol. The minimum absolute atomic E-state index is 0.0203. The predicted octanol–water partition coefficient (Wildman–Crippen LogP) is 6.71. The van der Waals surface area contributed by atoms with Crippen LogP contribution in [0.2, 0.25) is 0 Å². The average molecular weight is 635 g/mol. The fourth-order valence-corrected chi connectivity index (χ4v) is 5.46. The lowest BCUT2D eigenvalue weighted by Gasteiger charge is -2.22. The highest BCUT2D eigenvalue weighted by molar-refractivity contribution is 5.92. The quantitative estimate of drug-likeness (QED) is 0.180. The van der Waals surface area contributed by atoms with Crippen LogP contribution < -0.4 is 4.74 Å². The van der Waals surface area contributed by atoms with Crippen molar-refractivity contribution in [2.24, 2.45) is 5.92 Å². The highest BCUT2D eigenvalue weighted by Gasteiger charge is 2.38. The first-order chi connectivity index (χ1) is 22.1. The van der Waals surface area contributed by atoms with Crippen molar-refractivity contribution in [3.63, 3.8) is 0 Å². The van der Waals surface area contributed by atoms with Crippen molar-refractivity contribution in [2.75, 3.05) is 13.2 Å². The molecule has 0 unspecified atom stereocenters. The largest absolute Gasteiger partial charge is 0.478 e. The molecule has 46 heavy (non-hydrogen) atoms. The Morgan fingerprint density at radius 2 is 1.80 bits per heavy atom. The molecule has 0 radical (unpaired) electrons. The van der Waals surface area contributed by atoms with Gasteiger partial charge in [-0.15, -0.1) is 0 Å². The van der Waals surface area contributed by atoms with Gasteiger partial charge in [-0.3, -0.25) is 0 Å². The normalized spacial score (nSPS) is 16.2. The van der Waals surface area contributed by atoms with E-state index < -0.39 is 41.8 Å². The highest BCUT2D eigenvalue weighted by Crippen LogP contribution is 2.36. The lowest BCUT2D eigenvalue weighted by atomic mass is 10.0. The number of imidazole rings is 1. The number of aromatic nitrogens is 3. The minimum Gasteiger partial charge on any atom is -0.478 e. The zero-order valence-corrected chi connectivity index (χ0v) is 23.8. The number of hydrogen-bond donors (Lipinski definition) is 1. The Morgan fingerprint density at radius 1 is 1.00 bits per heavy atom. The topological polar surface area (TPSA) is 110 Å². The molecule has 3 heterocycles. The van der Waals surface area contributed by atoms with Crippen LogP contribution >= 0.6 is 0 Å². The first kappa shape index (κ1) is 30.7. The van der Waals surface area contributed by atoms with Crippen molar-refractivity contribution in [3.8, 4) is 23.2 Å². The Labute approximate surface area is 258 Å². The van der Waals surface area contributed by atoms with E-state index in [1.807, 2.05) is 6.07 Å². The van der Waals surface area contributed by atoms with Crippen LogP contribution in [0, 0.1) is 34.7 Å². The van der Waals surface area contributed by atoms with Gasteiger partial charge in [-0.1, -0.05) is 12.1 Å². The third-order valence-electron chi connectivity index (χ3n) is 7.80. The molecule has 1 saturated heterocycles. The van der Waals surface area contributed by atoms with Crippen molar-refractivity contribution in [1.82, 2.24) is 14.5 Å². The maximum absolute atomic E-state index is 15.6. The lowest BCUT2D eigenvalue weighted by Crippen LogP contribution is -2.25. The molecule has 0 saturated carbocycles. The van der Waals surface area contributed by atoms with E-state index in [0.717, 1.165) is 18.2 Å².